The van der Waals surface area contributed by atoms with Gasteiger partial charge in [-0.2, -0.15) is 0 Å². The molecule has 1 heterocycles. The van der Waals surface area contributed by atoms with Gasteiger partial charge in [-0.1, -0.05) is 12.8 Å². The Morgan fingerprint density at radius 2 is 2.05 bits per heavy atom. The molecule has 0 aromatic heterocycles. The first-order valence-electron chi connectivity index (χ1n) is 7.12. The first kappa shape index (κ1) is 16.2. The average Bonchev–Trinajstić information content (AvgIpc) is 2.52. The van der Waals surface area contributed by atoms with Crippen molar-refractivity contribution in [3.05, 3.63) is 0 Å². The van der Waals surface area contributed by atoms with E-state index in [2.05, 4.69) is 0 Å². The molecule has 0 radical (unpaired) electrons. The summed E-state index contributed by atoms with van der Waals surface area (Å²) in [6.07, 6.45) is 3.93. The maximum atomic E-state index is 12.2. The van der Waals surface area contributed by atoms with Crippen LogP contribution in [0.25, 0.3) is 0 Å². The largest absolute Gasteiger partial charge is 0.444 e. The normalized spacial score (nSPS) is 21.1. The number of ether oxygens (including phenoxy) is 2. The fourth-order valence-corrected chi connectivity index (χ4v) is 2.20. The lowest BCUT2D eigenvalue weighted by Crippen LogP contribution is -2.45. The van der Waals surface area contributed by atoms with Crippen LogP contribution in [0.3, 0.4) is 0 Å². The van der Waals surface area contributed by atoms with E-state index in [-0.39, 0.29) is 18.7 Å². The van der Waals surface area contributed by atoms with Crippen molar-refractivity contribution in [3.8, 4) is 0 Å². The Morgan fingerprint density at radius 1 is 1.32 bits per heavy atom. The number of nitrogens with zero attached hydrogens (tertiary/aromatic N) is 1. The number of carbonyl (C=O) groups is 1. The predicted molar refractivity (Wildman–Crippen MR) is 73.1 cm³/mol. The summed E-state index contributed by atoms with van der Waals surface area (Å²) in [4.78, 5) is 14.0. The molecule has 0 aliphatic carbocycles. The molecular weight excluding hydrogens is 246 g/mol. The number of hydrogen-bond donors (Lipinski definition) is 1. The van der Waals surface area contributed by atoms with E-state index in [4.69, 9.17) is 14.6 Å². The smallest absolute Gasteiger partial charge is 0.410 e. The lowest BCUT2D eigenvalue weighted by Gasteiger charge is -2.32. The van der Waals surface area contributed by atoms with E-state index in [9.17, 15) is 4.79 Å². The number of hydrogen-bond acceptors (Lipinski definition) is 4. The summed E-state index contributed by atoms with van der Waals surface area (Å²) in [6, 6.07) is 0.0592. The topological polar surface area (TPSA) is 59.0 Å². The van der Waals surface area contributed by atoms with Crippen LogP contribution >= 0.6 is 0 Å². The van der Waals surface area contributed by atoms with Gasteiger partial charge in [-0.15, -0.1) is 0 Å². The molecular formula is C14H27NO4. The molecule has 0 saturated carbocycles. The SMILES string of the molecule is CC(C)(C)OC(=O)N1CCCCCC1COCCO. The molecule has 1 rings (SSSR count). The van der Waals surface area contributed by atoms with Crippen LogP contribution in [0.4, 0.5) is 4.79 Å². The van der Waals surface area contributed by atoms with Gasteiger partial charge in [-0.05, 0) is 33.6 Å². The molecule has 0 aromatic rings. The fraction of sp³-hybridized carbons (Fsp3) is 0.929. The Hall–Kier alpha value is -0.810. The van der Waals surface area contributed by atoms with Crippen molar-refractivity contribution in [3.63, 3.8) is 0 Å². The van der Waals surface area contributed by atoms with Crippen molar-refractivity contribution < 1.29 is 19.4 Å². The van der Waals surface area contributed by atoms with Gasteiger partial charge in [0, 0.05) is 6.54 Å². The Balaban J connectivity index is 2.59. The minimum absolute atomic E-state index is 0.0131. The summed E-state index contributed by atoms with van der Waals surface area (Å²) in [5.41, 5.74) is -0.472. The summed E-state index contributed by atoms with van der Waals surface area (Å²) in [7, 11) is 0. The van der Waals surface area contributed by atoms with E-state index in [0.29, 0.717) is 13.2 Å². The Morgan fingerprint density at radius 3 is 2.68 bits per heavy atom. The van der Waals surface area contributed by atoms with Crippen molar-refractivity contribution in [1.82, 2.24) is 4.90 Å². The molecule has 1 aliphatic rings. The van der Waals surface area contributed by atoms with Crippen LogP contribution < -0.4 is 0 Å². The molecule has 1 amide bonds. The van der Waals surface area contributed by atoms with Gasteiger partial charge in [0.15, 0.2) is 0 Å². The van der Waals surface area contributed by atoms with Gasteiger partial charge in [0.05, 0.1) is 25.9 Å². The maximum Gasteiger partial charge on any atom is 0.410 e. The molecule has 0 spiro atoms. The summed E-state index contributed by atoms with van der Waals surface area (Å²) in [5, 5.41) is 8.75. The number of rotatable bonds is 4. The van der Waals surface area contributed by atoms with Crippen LogP contribution in [0.5, 0.6) is 0 Å². The Bertz CT molecular complexity index is 275. The monoisotopic (exact) mass is 273 g/mol. The van der Waals surface area contributed by atoms with Gasteiger partial charge in [-0.25, -0.2) is 4.79 Å². The van der Waals surface area contributed by atoms with Crippen molar-refractivity contribution in [2.45, 2.75) is 58.1 Å². The molecule has 1 atom stereocenters. The van der Waals surface area contributed by atoms with Crippen LogP contribution in [0.2, 0.25) is 0 Å². The molecule has 1 saturated heterocycles. The van der Waals surface area contributed by atoms with E-state index in [1.165, 1.54) is 0 Å². The highest BCUT2D eigenvalue weighted by molar-refractivity contribution is 5.68. The molecule has 5 nitrogen and oxygen atoms in total. The van der Waals surface area contributed by atoms with E-state index in [1.54, 1.807) is 4.90 Å². The Kier molecular flexibility index (Phi) is 6.58. The van der Waals surface area contributed by atoms with E-state index < -0.39 is 5.60 Å². The average molecular weight is 273 g/mol. The van der Waals surface area contributed by atoms with Crippen molar-refractivity contribution >= 4 is 6.09 Å². The van der Waals surface area contributed by atoms with Gasteiger partial charge in [-0.3, -0.25) is 0 Å². The number of amides is 1. The third kappa shape index (κ3) is 6.25. The Labute approximate surface area is 115 Å². The van der Waals surface area contributed by atoms with Gasteiger partial charge in [0.2, 0.25) is 0 Å². The second-order valence-corrected chi connectivity index (χ2v) is 5.98. The number of carbonyl (C=O) groups excluding carboxylic acids is 1. The zero-order chi connectivity index (χ0) is 14.3. The molecule has 19 heavy (non-hydrogen) atoms. The lowest BCUT2D eigenvalue weighted by atomic mass is 10.1. The number of aliphatic hydroxyl groups is 1. The summed E-state index contributed by atoms with van der Waals surface area (Å²) < 4.78 is 10.8. The highest BCUT2D eigenvalue weighted by Gasteiger charge is 2.29. The second kappa shape index (κ2) is 7.70. The summed E-state index contributed by atoms with van der Waals surface area (Å²) >= 11 is 0. The number of aliphatic hydroxyl groups excluding tert-OH is 1. The van der Waals surface area contributed by atoms with Crippen LogP contribution in [-0.4, -0.2) is 54.1 Å². The van der Waals surface area contributed by atoms with Gasteiger partial charge < -0.3 is 19.5 Å². The quantitative estimate of drug-likeness (QED) is 0.798. The first-order chi connectivity index (χ1) is 8.94. The molecule has 1 N–H and O–H groups in total. The van der Waals surface area contributed by atoms with Crippen LogP contribution in [-0.2, 0) is 9.47 Å². The molecule has 1 aliphatic heterocycles. The lowest BCUT2D eigenvalue weighted by molar-refractivity contribution is -0.00170. The highest BCUT2D eigenvalue weighted by atomic mass is 16.6. The fourth-order valence-electron chi connectivity index (χ4n) is 2.20. The van der Waals surface area contributed by atoms with Crippen LogP contribution in [0.1, 0.15) is 46.5 Å². The molecule has 1 unspecified atom stereocenters. The second-order valence-electron chi connectivity index (χ2n) is 5.98. The van der Waals surface area contributed by atoms with E-state index in [0.717, 1.165) is 32.2 Å². The minimum atomic E-state index is -0.472. The van der Waals surface area contributed by atoms with Gasteiger partial charge in [0.1, 0.15) is 5.60 Å². The van der Waals surface area contributed by atoms with E-state index >= 15 is 0 Å². The molecule has 112 valence electrons. The van der Waals surface area contributed by atoms with Crippen molar-refractivity contribution in [2.75, 3.05) is 26.4 Å². The summed E-state index contributed by atoms with van der Waals surface area (Å²) in [6.45, 7) is 7.15. The van der Waals surface area contributed by atoms with Crippen LogP contribution in [0, 0.1) is 0 Å². The molecule has 0 bridgehead atoms. The zero-order valence-corrected chi connectivity index (χ0v) is 12.4. The van der Waals surface area contributed by atoms with Gasteiger partial charge in [0.25, 0.3) is 0 Å². The predicted octanol–water partition coefficient (Wildman–Crippen LogP) is 2.18. The van der Waals surface area contributed by atoms with Gasteiger partial charge >= 0.3 is 6.09 Å². The third-order valence-electron chi connectivity index (χ3n) is 3.05. The number of likely N-dealkylation sites (tertiary alicyclic amines) is 1. The third-order valence-corrected chi connectivity index (χ3v) is 3.05. The maximum absolute atomic E-state index is 12.2. The zero-order valence-electron chi connectivity index (χ0n) is 12.4. The molecule has 0 aromatic carbocycles. The summed E-state index contributed by atoms with van der Waals surface area (Å²) in [5.74, 6) is 0. The highest BCUT2D eigenvalue weighted by Crippen LogP contribution is 2.20. The standard InChI is InChI=1S/C14H27NO4/c1-14(2,3)19-13(17)15-8-6-4-5-7-12(15)11-18-10-9-16/h12,16H,4-11H2,1-3H3. The van der Waals surface area contributed by atoms with Crippen molar-refractivity contribution in [2.24, 2.45) is 0 Å². The molecule has 5 heteroatoms. The minimum Gasteiger partial charge on any atom is -0.444 e. The van der Waals surface area contributed by atoms with Crippen molar-refractivity contribution in [1.29, 1.82) is 0 Å². The van der Waals surface area contributed by atoms with E-state index in [1.807, 2.05) is 20.8 Å². The van der Waals surface area contributed by atoms with Crippen LogP contribution in [0.15, 0.2) is 0 Å². The first-order valence-corrected chi connectivity index (χ1v) is 7.12. The molecule has 1 fully saturated rings.